The molecule has 0 aromatic heterocycles. The lowest BCUT2D eigenvalue weighted by atomic mass is 11.7. The van der Waals surface area contributed by atoms with Crippen LogP contribution in [0.3, 0.4) is 0 Å². The zero-order valence-corrected chi connectivity index (χ0v) is 8.13. The molecule has 0 unspecified atom stereocenters. The number of isocyanates is 1. The van der Waals surface area contributed by atoms with E-state index in [0.29, 0.717) is 0 Å². The first-order valence-corrected chi connectivity index (χ1v) is 5.02. The minimum Gasteiger partial charge on any atom is -0.377 e. The van der Waals surface area contributed by atoms with Crippen molar-refractivity contribution in [1.29, 1.82) is 5.41 Å². The highest BCUT2D eigenvalue weighted by Crippen LogP contribution is 2.02. The molecule has 11 heavy (non-hydrogen) atoms. The van der Waals surface area contributed by atoms with Gasteiger partial charge in [-0.25, -0.2) is 10.2 Å². The van der Waals surface area contributed by atoms with Crippen molar-refractivity contribution >= 4 is 14.9 Å². The summed E-state index contributed by atoms with van der Waals surface area (Å²) in [6.07, 6.45) is 0.750. The lowest BCUT2D eigenvalue weighted by molar-refractivity contribution is 0.132. The van der Waals surface area contributed by atoms with E-state index in [1.165, 1.54) is 0 Å². The highest BCUT2D eigenvalue weighted by Gasteiger charge is 2.29. The highest BCUT2D eigenvalue weighted by atomic mass is 28.4. The van der Waals surface area contributed by atoms with Crippen LogP contribution in [0, 0.1) is 5.41 Å². The summed E-state index contributed by atoms with van der Waals surface area (Å²) in [6, 6.07) is 0. The van der Waals surface area contributed by atoms with Crippen LogP contribution in [0.4, 0.5) is 0 Å². The first kappa shape index (κ1) is 13.1. The van der Waals surface area contributed by atoms with E-state index in [0.717, 1.165) is 6.08 Å². The fourth-order valence-corrected chi connectivity index (χ4v) is 0.750. The molecule has 0 rings (SSSR count). The Morgan fingerprint density at radius 3 is 1.36 bits per heavy atom. The Bertz CT molecular complexity index is 111. The van der Waals surface area contributed by atoms with Crippen molar-refractivity contribution in [1.82, 2.24) is 0 Å². The molecule has 0 radical (unpaired) electrons. The zero-order valence-electron chi connectivity index (χ0n) is 7.13. The van der Waals surface area contributed by atoms with Crippen molar-refractivity contribution in [3.63, 3.8) is 0 Å². The molecule has 1 N–H and O–H groups in total. The molecule has 0 aliphatic carbocycles. The summed E-state index contributed by atoms with van der Waals surface area (Å²) in [7, 11) is 2.58. The van der Waals surface area contributed by atoms with Crippen molar-refractivity contribution < 1.29 is 18.1 Å². The fourth-order valence-electron chi connectivity index (χ4n) is 0.250. The topological polar surface area (TPSA) is 68.6 Å². The molecule has 0 spiro atoms. The molecule has 0 bridgehead atoms. The van der Waals surface area contributed by atoms with E-state index in [2.05, 4.69) is 0 Å². The molecule has 0 heterocycles. The summed E-state index contributed by atoms with van der Waals surface area (Å²) in [6.45, 7) is 1.83. The second-order valence-corrected chi connectivity index (χ2v) is 4.53. The maximum Gasteiger partial charge on any atom is 0.496 e. The van der Waals surface area contributed by atoms with Crippen LogP contribution in [-0.2, 0) is 18.1 Å². The van der Waals surface area contributed by atoms with E-state index in [9.17, 15) is 0 Å². The van der Waals surface area contributed by atoms with Gasteiger partial charge in [0.15, 0.2) is 0 Å². The third-order valence-electron chi connectivity index (χ3n) is 1.11. The second kappa shape index (κ2) is 7.58. The molecule has 0 aliphatic heterocycles. The van der Waals surface area contributed by atoms with Gasteiger partial charge in [-0.1, -0.05) is 0 Å². The van der Waals surface area contributed by atoms with Gasteiger partial charge in [0.25, 0.3) is 0 Å². The number of carbonyl (C=O) groups excluding carboxylic acids is 1. The first-order chi connectivity index (χ1) is 5.10. The number of nitrogens with one attached hydrogen (secondary N) is 1. The number of rotatable bonds is 3. The second-order valence-electron chi connectivity index (χ2n) is 1.58. The number of hydrogen-bond donors (Lipinski definition) is 1. The minimum absolute atomic E-state index is 0.750. The molecule has 6 heteroatoms. The summed E-state index contributed by atoms with van der Waals surface area (Å²) in [5, 5.41) is 5.40. The zero-order chi connectivity index (χ0) is 9.33. The number of hydrogen-bond acceptors (Lipinski definition) is 5. The van der Waals surface area contributed by atoms with Gasteiger partial charge < -0.3 is 13.3 Å². The molecule has 0 saturated carbocycles. The lowest BCUT2D eigenvalue weighted by Gasteiger charge is -2.18. The predicted molar refractivity (Wildman–Crippen MR) is 41.1 cm³/mol. The van der Waals surface area contributed by atoms with E-state index < -0.39 is 8.80 Å². The minimum atomic E-state index is -2.17. The summed E-state index contributed by atoms with van der Waals surface area (Å²) >= 11 is 0. The van der Waals surface area contributed by atoms with Crippen molar-refractivity contribution in [2.24, 2.45) is 0 Å². The largest absolute Gasteiger partial charge is 0.496 e. The third kappa shape index (κ3) is 7.37. The SMILES string of the molecule is CO[Si](C)(OC)OC.N=C=O. The quantitative estimate of drug-likeness (QED) is 0.386. The molecular formula is C5H13NO4Si. The van der Waals surface area contributed by atoms with E-state index in [4.69, 9.17) is 23.5 Å². The third-order valence-corrected chi connectivity index (χ3v) is 3.34. The van der Waals surface area contributed by atoms with Crippen LogP contribution in [0.15, 0.2) is 0 Å². The molecule has 0 aliphatic rings. The molecule has 0 saturated heterocycles. The molecule has 66 valence electrons. The highest BCUT2D eigenvalue weighted by molar-refractivity contribution is 6.58. The standard InChI is InChI=1S/C4H12O3Si.CHNO/c1-5-8(4,6-2)7-3;2-1-3/h1-4H3;2H. The van der Waals surface area contributed by atoms with Gasteiger partial charge in [0.1, 0.15) is 0 Å². The normalized spacial score (nSPS) is 9.45. The summed E-state index contributed by atoms with van der Waals surface area (Å²) < 4.78 is 14.8. The Labute approximate surface area is 67.1 Å². The predicted octanol–water partition coefficient (Wildman–Crippen LogP) is 0.395. The van der Waals surface area contributed by atoms with Crippen LogP contribution in [0.25, 0.3) is 0 Å². The lowest BCUT2D eigenvalue weighted by Crippen LogP contribution is -2.38. The summed E-state index contributed by atoms with van der Waals surface area (Å²) in [5.74, 6) is 0. The van der Waals surface area contributed by atoms with Crippen molar-refractivity contribution in [2.75, 3.05) is 21.3 Å². The average Bonchev–Trinajstić information content (AvgIpc) is 2.05. The van der Waals surface area contributed by atoms with E-state index in [1.807, 2.05) is 6.55 Å². The Hall–Kier alpha value is -0.523. The van der Waals surface area contributed by atoms with Gasteiger partial charge in [0, 0.05) is 27.9 Å². The van der Waals surface area contributed by atoms with Crippen molar-refractivity contribution in [2.45, 2.75) is 6.55 Å². The molecule has 0 amide bonds. The van der Waals surface area contributed by atoms with E-state index >= 15 is 0 Å². The summed E-state index contributed by atoms with van der Waals surface area (Å²) in [5.41, 5.74) is 0. The van der Waals surface area contributed by atoms with Gasteiger partial charge in [0.2, 0.25) is 6.08 Å². The average molecular weight is 179 g/mol. The fraction of sp³-hybridized carbons (Fsp3) is 0.800. The van der Waals surface area contributed by atoms with Crippen LogP contribution < -0.4 is 0 Å². The van der Waals surface area contributed by atoms with Gasteiger partial charge in [-0.2, -0.15) is 0 Å². The molecular weight excluding hydrogens is 166 g/mol. The smallest absolute Gasteiger partial charge is 0.377 e. The van der Waals surface area contributed by atoms with Gasteiger partial charge in [-0.3, -0.25) is 0 Å². The van der Waals surface area contributed by atoms with Crippen LogP contribution in [0.1, 0.15) is 0 Å². The van der Waals surface area contributed by atoms with Crippen LogP contribution >= 0.6 is 0 Å². The summed E-state index contributed by atoms with van der Waals surface area (Å²) in [4.78, 5) is 8.35. The Morgan fingerprint density at radius 1 is 1.18 bits per heavy atom. The van der Waals surface area contributed by atoms with Crippen LogP contribution in [0.5, 0.6) is 0 Å². The maximum atomic E-state index is 8.35. The molecule has 0 aromatic rings. The van der Waals surface area contributed by atoms with Crippen molar-refractivity contribution in [3.05, 3.63) is 0 Å². The van der Waals surface area contributed by atoms with Gasteiger partial charge in [-0.05, 0) is 0 Å². The van der Waals surface area contributed by atoms with Crippen LogP contribution in [0.2, 0.25) is 6.55 Å². The van der Waals surface area contributed by atoms with Crippen LogP contribution in [-0.4, -0.2) is 36.2 Å². The van der Waals surface area contributed by atoms with E-state index in [1.54, 1.807) is 21.3 Å². The van der Waals surface area contributed by atoms with Gasteiger partial charge in [0.05, 0.1) is 0 Å². The van der Waals surface area contributed by atoms with Gasteiger partial charge in [-0.15, -0.1) is 0 Å². The molecule has 0 fully saturated rings. The maximum absolute atomic E-state index is 8.35. The molecule has 0 aromatic carbocycles. The monoisotopic (exact) mass is 179 g/mol. The first-order valence-electron chi connectivity index (χ1n) is 2.79. The molecule has 0 atom stereocenters. The molecule has 5 nitrogen and oxygen atoms in total. The Morgan fingerprint density at radius 2 is 1.36 bits per heavy atom. The Balaban J connectivity index is 0. The Kier molecular flexibility index (Phi) is 9.03. The van der Waals surface area contributed by atoms with Crippen molar-refractivity contribution in [3.8, 4) is 0 Å². The van der Waals surface area contributed by atoms with Gasteiger partial charge >= 0.3 is 8.80 Å². The van der Waals surface area contributed by atoms with E-state index in [-0.39, 0.29) is 0 Å².